The lowest BCUT2D eigenvalue weighted by atomic mass is 10.0. The minimum absolute atomic E-state index is 0.0612. The number of benzene rings is 3. The summed E-state index contributed by atoms with van der Waals surface area (Å²) in [6.45, 7) is 0. The van der Waals surface area contributed by atoms with Gasteiger partial charge >= 0.3 is 0 Å². The molecule has 4 aromatic rings. The molecule has 0 aliphatic heterocycles. The van der Waals surface area contributed by atoms with Crippen LogP contribution in [0.25, 0.3) is 22.2 Å². The number of nitrogens with zero attached hydrogens (tertiary/aromatic N) is 1. The number of anilines is 1. The molecule has 3 aromatic carbocycles. The third-order valence-corrected chi connectivity index (χ3v) is 6.51. The second kappa shape index (κ2) is 10.5. The molecule has 0 atom stereocenters. The number of hydrogen-bond acceptors (Lipinski definition) is 4. The second-order valence-corrected chi connectivity index (χ2v) is 9.12. The zero-order valence-electron chi connectivity index (χ0n) is 19.4. The van der Waals surface area contributed by atoms with Gasteiger partial charge < -0.3 is 19.9 Å². The molecule has 0 saturated carbocycles. The van der Waals surface area contributed by atoms with Crippen LogP contribution < -0.4 is 10.1 Å². The number of H-pyrrole nitrogens is 1. The highest BCUT2D eigenvalue weighted by Crippen LogP contribution is 2.32. The number of thioether (sulfide) groups is 1. The maximum Gasteiger partial charge on any atom is 0.285 e. The van der Waals surface area contributed by atoms with Gasteiger partial charge in [-0.2, -0.15) is 0 Å². The van der Waals surface area contributed by atoms with Gasteiger partial charge in [0.15, 0.2) is 0 Å². The van der Waals surface area contributed by atoms with E-state index in [2.05, 4.69) is 16.4 Å². The molecule has 7 heteroatoms. The number of para-hydroxylation sites is 1. The van der Waals surface area contributed by atoms with Crippen molar-refractivity contribution in [1.29, 1.82) is 0 Å². The predicted molar refractivity (Wildman–Crippen MR) is 139 cm³/mol. The Morgan fingerprint density at radius 1 is 1.00 bits per heavy atom. The summed E-state index contributed by atoms with van der Waals surface area (Å²) in [4.78, 5) is 30.6. The average molecular weight is 474 g/mol. The van der Waals surface area contributed by atoms with E-state index in [0.717, 1.165) is 50.1 Å². The number of rotatable bonds is 7. The SMILES string of the molecule is COc1ccc(-c2[nH]c3ccccc3c2CCC(=O)Nc2cccc(SC(=O)N(C)C)c2)cc1. The van der Waals surface area contributed by atoms with Crippen LogP contribution in [0.15, 0.2) is 77.7 Å². The number of carbonyl (C=O) groups excluding carboxylic acids is 2. The Hall–Kier alpha value is -3.71. The zero-order chi connectivity index (χ0) is 24.1. The zero-order valence-corrected chi connectivity index (χ0v) is 20.2. The molecule has 0 fully saturated rings. The molecule has 0 spiro atoms. The van der Waals surface area contributed by atoms with E-state index in [4.69, 9.17) is 4.74 Å². The molecule has 34 heavy (non-hydrogen) atoms. The van der Waals surface area contributed by atoms with Crippen LogP contribution in [0.2, 0.25) is 0 Å². The highest BCUT2D eigenvalue weighted by atomic mass is 32.2. The van der Waals surface area contributed by atoms with Crippen molar-refractivity contribution in [1.82, 2.24) is 9.88 Å². The van der Waals surface area contributed by atoms with E-state index in [0.29, 0.717) is 18.5 Å². The van der Waals surface area contributed by atoms with Gasteiger partial charge in [0.25, 0.3) is 5.24 Å². The molecule has 0 aliphatic carbocycles. The number of aromatic nitrogens is 1. The number of nitrogens with one attached hydrogen (secondary N) is 2. The van der Waals surface area contributed by atoms with Gasteiger partial charge in [0.05, 0.1) is 7.11 Å². The van der Waals surface area contributed by atoms with Crippen molar-refractivity contribution >= 4 is 39.5 Å². The fourth-order valence-corrected chi connectivity index (χ4v) is 4.47. The summed E-state index contributed by atoms with van der Waals surface area (Å²) < 4.78 is 5.29. The molecular weight excluding hydrogens is 446 g/mol. The standard InChI is InChI=1S/C27H27N3O3S/c1-30(2)27(32)34-21-8-6-7-19(17-21)28-25(31)16-15-23-22-9-4-5-10-24(22)29-26(23)18-11-13-20(33-3)14-12-18/h4-14,17,29H,15-16H2,1-3H3,(H,28,31). The summed E-state index contributed by atoms with van der Waals surface area (Å²) in [5.74, 6) is 0.723. The van der Waals surface area contributed by atoms with Crippen molar-refractivity contribution < 1.29 is 14.3 Å². The van der Waals surface area contributed by atoms with Crippen molar-refractivity contribution in [3.63, 3.8) is 0 Å². The highest BCUT2D eigenvalue weighted by Gasteiger charge is 2.15. The molecule has 2 N–H and O–H groups in total. The fraction of sp³-hybridized carbons (Fsp3) is 0.185. The topological polar surface area (TPSA) is 74.4 Å². The number of ether oxygens (including phenoxy) is 1. The lowest BCUT2D eigenvalue weighted by molar-refractivity contribution is -0.116. The van der Waals surface area contributed by atoms with Gasteiger partial charge in [0.1, 0.15) is 5.75 Å². The Morgan fingerprint density at radius 3 is 2.50 bits per heavy atom. The molecule has 4 rings (SSSR count). The minimum Gasteiger partial charge on any atom is -0.497 e. The monoisotopic (exact) mass is 473 g/mol. The molecule has 0 saturated heterocycles. The van der Waals surface area contributed by atoms with Crippen molar-refractivity contribution in [2.24, 2.45) is 0 Å². The minimum atomic E-state index is -0.0768. The van der Waals surface area contributed by atoms with Gasteiger partial charge in [-0.15, -0.1) is 0 Å². The molecule has 0 unspecified atom stereocenters. The van der Waals surface area contributed by atoms with Gasteiger partial charge in [-0.25, -0.2) is 0 Å². The molecule has 1 aromatic heterocycles. The van der Waals surface area contributed by atoms with E-state index < -0.39 is 0 Å². The van der Waals surface area contributed by atoms with Crippen molar-refractivity contribution in [3.8, 4) is 17.0 Å². The van der Waals surface area contributed by atoms with Crippen LogP contribution in [0, 0.1) is 0 Å². The summed E-state index contributed by atoms with van der Waals surface area (Å²) in [5.41, 5.74) is 4.88. The van der Waals surface area contributed by atoms with Gasteiger partial charge in [-0.05, 0) is 77.8 Å². The van der Waals surface area contributed by atoms with Crippen LogP contribution in [-0.2, 0) is 11.2 Å². The van der Waals surface area contributed by atoms with Crippen LogP contribution in [0.5, 0.6) is 5.75 Å². The lowest BCUT2D eigenvalue weighted by Crippen LogP contribution is -2.16. The summed E-state index contributed by atoms with van der Waals surface area (Å²) in [5, 5.41) is 4.02. The first-order chi connectivity index (χ1) is 16.4. The molecule has 0 aliphatic rings. The predicted octanol–water partition coefficient (Wildman–Crippen LogP) is 6.19. The molecule has 6 nitrogen and oxygen atoms in total. The molecule has 1 heterocycles. The third-order valence-electron chi connectivity index (χ3n) is 5.48. The van der Waals surface area contributed by atoms with E-state index in [9.17, 15) is 9.59 Å². The van der Waals surface area contributed by atoms with Gasteiger partial charge in [-0.1, -0.05) is 24.3 Å². The first kappa shape index (κ1) is 23.4. The number of aryl methyl sites for hydroxylation is 1. The maximum atomic E-state index is 12.8. The number of methoxy groups -OCH3 is 1. The van der Waals surface area contributed by atoms with Gasteiger partial charge in [0.2, 0.25) is 5.91 Å². The maximum absolute atomic E-state index is 12.8. The largest absolute Gasteiger partial charge is 0.497 e. The number of carbonyl (C=O) groups is 2. The Balaban J connectivity index is 1.50. The fourth-order valence-electron chi connectivity index (χ4n) is 3.76. The second-order valence-electron chi connectivity index (χ2n) is 8.09. The summed E-state index contributed by atoms with van der Waals surface area (Å²) >= 11 is 1.13. The average Bonchev–Trinajstić information content (AvgIpc) is 3.21. The van der Waals surface area contributed by atoms with E-state index in [-0.39, 0.29) is 11.1 Å². The lowest BCUT2D eigenvalue weighted by Gasteiger charge is -2.11. The van der Waals surface area contributed by atoms with E-state index in [1.54, 1.807) is 21.2 Å². The van der Waals surface area contributed by atoms with E-state index in [1.807, 2.05) is 66.7 Å². The number of amides is 2. The van der Waals surface area contributed by atoms with Crippen LogP contribution >= 0.6 is 11.8 Å². The van der Waals surface area contributed by atoms with Crippen molar-refractivity contribution in [3.05, 3.63) is 78.4 Å². The van der Waals surface area contributed by atoms with Crippen molar-refractivity contribution in [2.45, 2.75) is 17.7 Å². The van der Waals surface area contributed by atoms with E-state index >= 15 is 0 Å². The Labute approximate surface area is 203 Å². The van der Waals surface area contributed by atoms with Crippen LogP contribution in [0.1, 0.15) is 12.0 Å². The van der Waals surface area contributed by atoms with Gasteiger partial charge in [0, 0.05) is 47.7 Å². The van der Waals surface area contributed by atoms with Crippen LogP contribution in [-0.4, -0.2) is 42.2 Å². The Morgan fingerprint density at radius 2 is 1.76 bits per heavy atom. The number of fused-ring (bicyclic) bond motifs is 1. The summed E-state index contributed by atoms with van der Waals surface area (Å²) in [6.07, 6.45) is 0.920. The molecule has 174 valence electrons. The van der Waals surface area contributed by atoms with Crippen molar-refractivity contribution in [2.75, 3.05) is 26.5 Å². The first-order valence-electron chi connectivity index (χ1n) is 11.0. The molecule has 0 radical (unpaired) electrons. The smallest absolute Gasteiger partial charge is 0.285 e. The molecule has 0 bridgehead atoms. The Kier molecular flexibility index (Phi) is 7.23. The number of hydrogen-bond donors (Lipinski definition) is 2. The van der Waals surface area contributed by atoms with Crippen LogP contribution in [0.4, 0.5) is 10.5 Å². The first-order valence-corrected chi connectivity index (χ1v) is 11.8. The third kappa shape index (κ3) is 5.43. The Bertz CT molecular complexity index is 1310. The summed E-state index contributed by atoms with van der Waals surface area (Å²) in [7, 11) is 5.08. The van der Waals surface area contributed by atoms with Crippen LogP contribution in [0.3, 0.4) is 0 Å². The normalized spacial score (nSPS) is 10.8. The highest BCUT2D eigenvalue weighted by molar-refractivity contribution is 8.13. The quantitative estimate of drug-likeness (QED) is 0.314. The summed E-state index contributed by atoms with van der Waals surface area (Å²) in [6, 6.07) is 23.4. The van der Waals surface area contributed by atoms with Gasteiger partial charge in [-0.3, -0.25) is 9.59 Å². The number of aromatic amines is 1. The van der Waals surface area contributed by atoms with E-state index in [1.165, 1.54) is 4.90 Å². The molecule has 2 amide bonds. The molecular formula is C27H27N3O3S.